The third-order valence-corrected chi connectivity index (χ3v) is 2.83. The van der Waals surface area contributed by atoms with Gasteiger partial charge in [0, 0.05) is 11.0 Å². The average molecular weight is 256 g/mol. The fraction of sp³-hybridized carbons (Fsp3) is 0.300. The molecule has 0 bridgehead atoms. The van der Waals surface area contributed by atoms with E-state index in [4.69, 9.17) is 10.5 Å². The molecule has 2 N–H and O–H groups in total. The highest BCUT2D eigenvalue weighted by Crippen LogP contribution is 2.27. The molecular weight excluding hydrogens is 244 g/mol. The van der Waals surface area contributed by atoms with Crippen molar-refractivity contribution < 1.29 is 14.5 Å². The predicted molar refractivity (Wildman–Crippen MR) is 64.9 cm³/mol. The summed E-state index contributed by atoms with van der Waals surface area (Å²) in [5.74, 6) is -0.167. The lowest BCUT2D eigenvalue weighted by molar-refractivity contribution is -0.383. The van der Waals surface area contributed by atoms with E-state index >= 15 is 0 Å². The summed E-state index contributed by atoms with van der Waals surface area (Å²) < 4.78 is 4.76. The van der Waals surface area contributed by atoms with Crippen molar-refractivity contribution in [1.82, 2.24) is 0 Å². The van der Waals surface area contributed by atoms with E-state index in [1.807, 2.05) is 0 Å². The Balaban J connectivity index is 2.65. The minimum Gasteiger partial charge on any atom is -0.465 e. The van der Waals surface area contributed by atoms with Crippen LogP contribution in [-0.2, 0) is 9.53 Å². The van der Waals surface area contributed by atoms with Gasteiger partial charge in [-0.3, -0.25) is 14.9 Å². The first-order valence-corrected chi connectivity index (χ1v) is 5.85. The Morgan fingerprint density at radius 1 is 1.59 bits per heavy atom. The maximum Gasteiger partial charge on any atom is 0.316 e. The summed E-state index contributed by atoms with van der Waals surface area (Å²) in [4.78, 5) is 21.8. The number of anilines is 1. The molecule has 0 saturated carbocycles. The number of esters is 1. The molecule has 0 amide bonds. The molecule has 0 radical (unpaired) electrons. The number of ether oxygens (including phenoxy) is 1. The minimum absolute atomic E-state index is 0.0869. The van der Waals surface area contributed by atoms with Crippen LogP contribution >= 0.6 is 11.8 Å². The number of hydrogen-bond donors (Lipinski definition) is 1. The molecule has 0 aliphatic rings. The van der Waals surface area contributed by atoms with Crippen LogP contribution in [0.1, 0.15) is 6.92 Å². The molecule has 1 aromatic carbocycles. The van der Waals surface area contributed by atoms with Crippen LogP contribution in [0.15, 0.2) is 23.1 Å². The van der Waals surface area contributed by atoms with Crippen molar-refractivity contribution in [2.75, 3.05) is 18.1 Å². The van der Waals surface area contributed by atoms with Crippen LogP contribution < -0.4 is 5.73 Å². The van der Waals surface area contributed by atoms with Gasteiger partial charge in [0.05, 0.1) is 17.3 Å². The number of nitrogen functional groups attached to an aromatic ring is 1. The number of nitro groups is 1. The highest BCUT2D eigenvalue weighted by atomic mass is 32.2. The van der Waals surface area contributed by atoms with E-state index in [1.54, 1.807) is 13.0 Å². The van der Waals surface area contributed by atoms with Crippen molar-refractivity contribution >= 4 is 29.1 Å². The second-order valence-corrected chi connectivity index (χ2v) is 4.12. The lowest BCUT2D eigenvalue weighted by atomic mass is 10.3. The van der Waals surface area contributed by atoms with Crippen molar-refractivity contribution in [3.8, 4) is 0 Å². The molecule has 0 heterocycles. The Hall–Kier alpha value is -1.76. The molecule has 0 unspecified atom stereocenters. The van der Waals surface area contributed by atoms with Gasteiger partial charge in [0.25, 0.3) is 5.69 Å². The minimum atomic E-state index is -0.547. The van der Waals surface area contributed by atoms with Crippen LogP contribution in [0.25, 0.3) is 0 Å². The SMILES string of the molecule is CCOC(=O)CSc1ccc([N+](=O)[O-])c(N)c1. The molecule has 0 saturated heterocycles. The van der Waals surface area contributed by atoms with Crippen molar-refractivity contribution in [1.29, 1.82) is 0 Å². The molecule has 17 heavy (non-hydrogen) atoms. The normalized spacial score (nSPS) is 9.94. The summed E-state index contributed by atoms with van der Waals surface area (Å²) in [5, 5.41) is 10.5. The Morgan fingerprint density at radius 3 is 2.82 bits per heavy atom. The van der Waals surface area contributed by atoms with Gasteiger partial charge in [0.2, 0.25) is 0 Å². The third kappa shape index (κ3) is 3.95. The summed E-state index contributed by atoms with van der Waals surface area (Å²) in [6.07, 6.45) is 0. The third-order valence-electron chi connectivity index (χ3n) is 1.86. The fourth-order valence-electron chi connectivity index (χ4n) is 1.13. The van der Waals surface area contributed by atoms with Crippen LogP contribution in [-0.4, -0.2) is 23.3 Å². The van der Waals surface area contributed by atoms with E-state index in [9.17, 15) is 14.9 Å². The highest BCUT2D eigenvalue weighted by Gasteiger charge is 2.12. The molecule has 0 aromatic heterocycles. The van der Waals surface area contributed by atoms with Gasteiger partial charge < -0.3 is 10.5 Å². The van der Waals surface area contributed by atoms with Crippen molar-refractivity contribution in [2.24, 2.45) is 0 Å². The van der Waals surface area contributed by atoms with Gasteiger partial charge in [0.15, 0.2) is 0 Å². The number of nitrogens with two attached hydrogens (primary N) is 1. The van der Waals surface area contributed by atoms with Crippen LogP contribution in [0.2, 0.25) is 0 Å². The monoisotopic (exact) mass is 256 g/mol. The van der Waals surface area contributed by atoms with Gasteiger partial charge in [-0.15, -0.1) is 11.8 Å². The van der Waals surface area contributed by atoms with Gasteiger partial charge in [-0.2, -0.15) is 0 Å². The summed E-state index contributed by atoms with van der Waals surface area (Å²) in [7, 11) is 0. The second kappa shape index (κ2) is 6.09. The van der Waals surface area contributed by atoms with E-state index in [0.717, 1.165) is 0 Å². The Kier molecular flexibility index (Phi) is 4.77. The standard InChI is InChI=1S/C10H12N2O4S/c1-2-16-10(13)6-17-7-3-4-9(12(14)15)8(11)5-7/h3-5H,2,6,11H2,1H3. The van der Waals surface area contributed by atoms with Gasteiger partial charge in [-0.25, -0.2) is 0 Å². The Morgan fingerprint density at radius 2 is 2.29 bits per heavy atom. The average Bonchev–Trinajstić information content (AvgIpc) is 2.26. The maximum absolute atomic E-state index is 11.1. The molecule has 1 rings (SSSR count). The smallest absolute Gasteiger partial charge is 0.316 e. The molecule has 0 fully saturated rings. The van der Waals surface area contributed by atoms with E-state index in [-0.39, 0.29) is 23.1 Å². The topological polar surface area (TPSA) is 95.5 Å². The Labute approximate surface area is 102 Å². The van der Waals surface area contributed by atoms with E-state index < -0.39 is 4.92 Å². The van der Waals surface area contributed by atoms with Crippen molar-refractivity contribution in [3.63, 3.8) is 0 Å². The molecule has 0 aliphatic heterocycles. The van der Waals surface area contributed by atoms with Crippen molar-refractivity contribution in [3.05, 3.63) is 28.3 Å². The molecular formula is C10H12N2O4S. The molecule has 1 aromatic rings. The van der Waals surface area contributed by atoms with E-state index in [1.165, 1.54) is 23.9 Å². The summed E-state index contributed by atoms with van der Waals surface area (Å²) in [6, 6.07) is 4.35. The summed E-state index contributed by atoms with van der Waals surface area (Å²) >= 11 is 1.23. The zero-order valence-electron chi connectivity index (χ0n) is 9.21. The fourth-order valence-corrected chi connectivity index (χ4v) is 1.88. The molecule has 7 heteroatoms. The number of benzene rings is 1. The molecule has 0 aliphatic carbocycles. The summed E-state index contributed by atoms with van der Waals surface area (Å²) in [6.45, 7) is 2.06. The highest BCUT2D eigenvalue weighted by molar-refractivity contribution is 8.00. The molecule has 0 atom stereocenters. The van der Waals surface area contributed by atoms with E-state index in [2.05, 4.69) is 0 Å². The number of carbonyl (C=O) groups is 1. The first-order valence-electron chi connectivity index (χ1n) is 4.87. The first-order chi connectivity index (χ1) is 8.04. The number of thioether (sulfide) groups is 1. The molecule has 0 spiro atoms. The number of nitro benzene ring substituents is 1. The summed E-state index contributed by atoms with van der Waals surface area (Å²) in [5.41, 5.74) is 5.47. The van der Waals surface area contributed by atoms with Crippen molar-refractivity contribution in [2.45, 2.75) is 11.8 Å². The first kappa shape index (κ1) is 13.3. The van der Waals surface area contributed by atoms with Gasteiger partial charge in [-0.1, -0.05) is 0 Å². The Bertz CT molecular complexity index is 436. The zero-order chi connectivity index (χ0) is 12.8. The van der Waals surface area contributed by atoms with Gasteiger partial charge in [0.1, 0.15) is 5.69 Å². The maximum atomic E-state index is 11.1. The molecule has 92 valence electrons. The predicted octanol–water partition coefficient (Wildman–Crippen LogP) is 1.83. The lowest BCUT2D eigenvalue weighted by Crippen LogP contribution is -2.06. The van der Waals surface area contributed by atoms with Crippen LogP contribution in [0.4, 0.5) is 11.4 Å². The van der Waals surface area contributed by atoms with Gasteiger partial charge >= 0.3 is 5.97 Å². The van der Waals surface area contributed by atoms with Crippen LogP contribution in [0, 0.1) is 10.1 Å². The number of hydrogen-bond acceptors (Lipinski definition) is 6. The molecule has 6 nitrogen and oxygen atoms in total. The lowest BCUT2D eigenvalue weighted by Gasteiger charge is -2.03. The van der Waals surface area contributed by atoms with Crippen LogP contribution in [0.3, 0.4) is 0 Å². The number of carbonyl (C=O) groups excluding carboxylic acids is 1. The van der Waals surface area contributed by atoms with E-state index in [0.29, 0.717) is 11.5 Å². The largest absolute Gasteiger partial charge is 0.465 e. The van der Waals surface area contributed by atoms with Crippen LogP contribution in [0.5, 0.6) is 0 Å². The van der Waals surface area contributed by atoms with Gasteiger partial charge in [-0.05, 0) is 19.1 Å². The zero-order valence-corrected chi connectivity index (χ0v) is 10.0. The number of rotatable bonds is 5. The number of nitrogens with zero attached hydrogens (tertiary/aromatic N) is 1. The quantitative estimate of drug-likeness (QED) is 0.284. The second-order valence-electron chi connectivity index (χ2n) is 3.07.